The van der Waals surface area contributed by atoms with E-state index in [1.54, 1.807) is 7.11 Å². The smallest absolute Gasteiger partial charge is 0.497 e. The second kappa shape index (κ2) is 8.99. The van der Waals surface area contributed by atoms with Crippen molar-refractivity contribution in [3.63, 3.8) is 0 Å². The normalized spacial score (nSPS) is 14.7. The number of carbonyl (C=O) groups is 1. The second-order valence-electron chi connectivity index (χ2n) is 6.48. The number of hydrogen-bond donors (Lipinski definition) is 1. The molecule has 2 amide bonds. The Hall–Kier alpha value is -3.69. The van der Waals surface area contributed by atoms with Crippen LogP contribution in [0.25, 0.3) is 0 Å². The molecular weight excluding hydrogens is 413 g/mol. The Morgan fingerprint density at radius 1 is 0.839 bits per heavy atom. The molecule has 1 aliphatic heterocycles. The first kappa shape index (κ1) is 22.0. The van der Waals surface area contributed by atoms with Crippen LogP contribution in [0.2, 0.25) is 0 Å². The molecule has 3 aromatic rings. The third kappa shape index (κ3) is 5.27. The lowest BCUT2D eigenvalue weighted by Crippen LogP contribution is -2.40. The molecule has 0 saturated carbocycles. The van der Waals surface area contributed by atoms with Gasteiger partial charge in [0.25, 0.3) is 5.66 Å². The predicted molar refractivity (Wildman–Crippen MR) is 108 cm³/mol. The van der Waals surface area contributed by atoms with Gasteiger partial charge in [0, 0.05) is 11.1 Å². The molecular formula is C21H18BF4N3O2. The van der Waals surface area contributed by atoms with Gasteiger partial charge in [0.15, 0.2) is 5.69 Å². The van der Waals surface area contributed by atoms with Crippen LogP contribution in [0.4, 0.5) is 27.7 Å². The molecule has 0 saturated heterocycles. The first-order valence-electron chi connectivity index (χ1n) is 9.20. The Kier molecular flexibility index (Phi) is 6.38. The van der Waals surface area contributed by atoms with E-state index in [0.717, 1.165) is 16.9 Å². The molecule has 0 spiro atoms. The van der Waals surface area contributed by atoms with Crippen LogP contribution < -0.4 is 10.1 Å². The molecule has 4 rings (SSSR count). The highest BCUT2D eigenvalue weighted by molar-refractivity contribution is 6.50. The van der Waals surface area contributed by atoms with E-state index in [1.807, 2.05) is 84.9 Å². The summed E-state index contributed by atoms with van der Waals surface area (Å²) in [5, 5.41) is 7.86. The third-order valence-electron chi connectivity index (χ3n) is 4.43. The molecule has 1 heterocycles. The van der Waals surface area contributed by atoms with Crippen LogP contribution in [0.1, 0.15) is 11.1 Å². The maximum Gasteiger partial charge on any atom is 0.673 e. The van der Waals surface area contributed by atoms with Gasteiger partial charge in [-0.05, 0) is 29.4 Å². The molecule has 0 fully saturated rings. The molecule has 1 aliphatic rings. The van der Waals surface area contributed by atoms with E-state index in [9.17, 15) is 22.1 Å². The van der Waals surface area contributed by atoms with Crippen LogP contribution in [-0.4, -0.2) is 25.1 Å². The van der Waals surface area contributed by atoms with Crippen LogP contribution in [0, 0.1) is 0 Å². The summed E-state index contributed by atoms with van der Waals surface area (Å²) in [5.41, 5.74) is 1.52. The van der Waals surface area contributed by atoms with Crippen molar-refractivity contribution in [2.24, 2.45) is 5.11 Å². The van der Waals surface area contributed by atoms with E-state index < -0.39 is 12.9 Å². The number of nitrogens with zero attached hydrogens (tertiary/aromatic N) is 2. The zero-order chi connectivity index (χ0) is 22.5. The van der Waals surface area contributed by atoms with E-state index in [0.29, 0.717) is 5.69 Å². The standard InChI is InChI=1S/C21H17N3O2.BF4/c1-26-19-14-12-18(13-15-19)24-20(25)22-21(23-24,16-8-4-2-5-9-16)17-10-6-3-7-11-17;2-1(3,4)5/h2-15H,1H3;/q;-1/p+1. The molecule has 0 aromatic heterocycles. The van der Waals surface area contributed by atoms with Gasteiger partial charge in [-0.15, -0.1) is 0 Å². The van der Waals surface area contributed by atoms with Gasteiger partial charge in [-0.2, -0.15) is 10.1 Å². The summed E-state index contributed by atoms with van der Waals surface area (Å²) in [6, 6.07) is 26.5. The van der Waals surface area contributed by atoms with Gasteiger partial charge in [-0.3, -0.25) is 0 Å². The van der Waals surface area contributed by atoms with Crippen LogP contribution in [0.3, 0.4) is 0 Å². The summed E-state index contributed by atoms with van der Waals surface area (Å²) >= 11 is 0. The minimum absolute atomic E-state index is 0.275. The molecule has 0 unspecified atom stereocenters. The lowest BCUT2D eigenvalue weighted by molar-refractivity contribution is -0.403. The fourth-order valence-corrected chi connectivity index (χ4v) is 3.11. The highest BCUT2D eigenvalue weighted by Gasteiger charge is 2.50. The zero-order valence-corrected chi connectivity index (χ0v) is 16.4. The topological polar surface area (TPSA) is 53.7 Å². The number of azo groups is 2. The van der Waals surface area contributed by atoms with Gasteiger partial charge < -0.3 is 22.0 Å². The first-order chi connectivity index (χ1) is 14.7. The van der Waals surface area contributed by atoms with Gasteiger partial charge in [-0.1, -0.05) is 65.4 Å². The summed E-state index contributed by atoms with van der Waals surface area (Å²) < 4.78 is 45.6. The van der Waals surface area contributed by atoms with Crippen LogP contribution in [0.5, 0.6) is 5.75 Å². The Bertz CT molecular complexity index is 1010. The van der Waals surface area contributed by atoms with Crippen molar-refractivity contribution >= 4 is 19.0 Å². The number of ether oxygens (including phenoxy) is 1. The van der Waals surface area contributed by atoms with Gasteiger partial charge in [-0.25, -0.2) is 0 Å². The van der Waals surface area contributed by atoms with Crippen molar-refractivity contribution in [3.8, 4) is 5.75 Å². The molecule has 1 N–H and O–H groups in total. The molecule has 160 valence electrons. The molecule has 0 radical (unpaired) electrons. The quantitative estimate of drug-likeness (QED) is 0.327. The fraction of sp³-hybridized carbons (Fsp3) is 0.0952. The lowest BCUT2D eigenvalue weighted by Gasteiger charge is -2.20. The van der Waals surface area contributed by atoms with Crippen molar-refractivity contribution < 1.29 is 31.5 Å². The molecule has 31 heavy (non-hydrogen) atoms. The predicted octanol–water partition coefficient (Wildman–Crippen LogP) is 5.72. The summed E-state index contributed by atoms with van der Waals surface area (Å²) in [7, 11) is -4.39. The minimum Gasteiger partial charge on any atom is -0.497 e. The van der Waals surface area contributed by atoms with Crippen molar-refractivity contribution in [3.05, 3.63) is 96.1 Å². The Balaban J connectivity index is 0.000000491. The number of amides is 2. The van der Waals surface area contributed by atoms with Gasteiger partial charge in [0.05, 0.1) is 7.11 Å². The average molecular weight is 431 g/mol. The minimum atomic E-state index is -6.00. The maximum atomic E-state index is 12.8. The number of carbonyl (C=O) groups excluding carboxylic acids is 1. The Labute approximate surface area is 176 Å². The summed E-state index contributed by atoms with van der Waals surface area (Å²) in [6.45, 7) is 0. The van der Waals surface area contributed by atoms with Gasteiger partial charge >= 0.3 is 13.3 Å². The van der Waals surface area contributed by atoms with Crippen molar-refractivity contribution in [2.45, 2.75) is 5.66 Å². The third-order valence-corrected chi connectivity index (χ3v) is 4.43. The zero-order valence-electron chi connectivity index (χ0n) is 16.4. The van der Waals surface area contributed by atoms with Crippen molar-refractivity contribution in [1.29, 1.82) is 0 Å². The summed E-state index contributed by atoms with van der Waals surface area (Å²) in [6.07, 6.45) is 0. The average Bonchev–Trinajstić information content (AvgIpc) is 3.12. The first-order valence-corrected chi connectivity index (χ1v) is 9.20. The van der Waals surface area contributed by atoms with E-state index in [4.69, 9.17) is 9.85 Å². The van der Waals surface area contributed by atoms with E-state index in [-0.39, 0.29) is 6.03 Å². The number of halogens is 4. The molecule has 0 aliphatic carbocycles. The van der Waals surface area contributed by atoms with E-state index >= 15 is 0 Å². The maximum absolute atomic E-state index is 12.8. The number of hydrogen-bond acceptors (Lipinski definition) is 3. The van der Waals surface area contributed by atoms with Crippen LogP contribution >= 0.6 is 0 Å². The van der Waals surface area contributed by atoms with Gasteiger partial charge in [0.1, 0.15) is 5.75 Å². The molecule has 3 aromatic carbocycles. The van der Waals surface area contributed by atoms with Crippen LogP contribution in [0.15, 0.2) is 90.0 Å². The Morgan fingerprint density at radius 2 is 1.29 bits per heavy atom. The highest BCUT2D eigenvalue weighted by atomic mass is 19.5. The largest absolute Gasteiger partial charge is 0.673 e. The second-order valence-corrected chi connectivity index (χ2v) is 6.48. The van der Waals surface area contributed by atoms with E-state index in [1.165, 1.54) is 4.70 Å². The molecule has 10 heteroatoms. The van der Waals surface area contributed by atoms with E-state index in [2.05, 4.69) is 5.32 Å². The number of urea groups is 1. The molecule has 0 atom stereocenters. The van der Waals surface area contributed by atoms with Crippen LogP contribution in [-0.2, 0) is 5.66 Å². The lowest BCUT2D eigenvalue weighted by atomic mass is 9.92. The fourth-order valence-electron chi connectivity index (χ4n) is 3.11. The number of rotatable bonds is 4. The Morgan fingerprint density at radius 3 is 1.71 bits per heavy atom. The SMILES string of the molecule is COc1ccc([N+]2=NC(c3ccccc3)(c3ccccc3)NC2=O)cc1.F[B-](F)(F)F. The van der Waals surface area contributed by atoms with Crippen molar-refractivity contribution in [1.82, 2.24) is 5.32 Å². The molecule has 5 nitrogen and oxygen atoms in total. The van der Waals surface area contributed by atoms with Gasteiger partial charge in [0.2, 0.25) is 0 Å². The summed E-state index contributed by atoms with van der Waals surface area (Å²) in [5.74, 6) is 0.728. The van der Waals surface area contributed by atoms with Crippen molar-refractivity contribution in [2.75, 3.05) is 7.11 Å². The number of methoxy groups -OCH3 is 1. The highest BCUT2D eigenvalue weighted by Crippen LogP contribution is 2.36. The molecule has 0 bridgehead atoms. The number of nitrogens with one attached hydrogen (secondary N) is 1. The summed E-state index contributed by atoms with van der Waals surface area (Å²) in [4.78, 5) is 12.8. The monoisotopic (exact) mass is 431 g/mol. The number of benzene rings is 3.